The van der Waals surface area contributed by atoms with Crippen molar-refractivity contribution in [1.82, 2.24) is 9.88 Å². The maximum Gasteiger partial charge on any atom is 0.246 e. The minimum absolute atomic E-state index is 0.0994. The smallest absolute Gasteiger partial charge is 0.246 e. The fraction of sp³-hybridized carbons (Fsp3) is 0.333. The van der Waals surface area contributed by atoms with Gasteiger partial charge in [0.1, 0.15) is 12.4 Å². The fourth-order valence-corrected chi connectivity index (χ4v) is 2.82. The molecule has 25 heavy (non-hydrogen) atoms. The minimum atomic E-state index is 0.0994. The number of carbonyl (C=O) groups is 1. The van der Waals surface area contributed by atoms with E-state index in [2.05, 4.69) is 11.9 Å². The number of aromatic nitrogens is 1. The molecule has 3 rings (SSSR count). The third-order valence-corrected chi connectivity index (χ3v) is 4.51. The van der Waals surface area contributed by atoms with Crippen LogP contribution in [0.4, 0.5) is 0 Å². The van der Waals surface area contributed by atoms with E-state index in [1.807, 2.05) is 53.4 Å². The number of hydrogen-bond donors (Lipinski definition) is 0. The van der Waals surface area contributed by atoms with Crippen molar-refractivity contribution in [3.63, 3.8) is 0 Å². The predicted molar refractivity (Wildman–Crippen MR) is 99.0 cm³/mol. The normalized spacial score (nSPS) is 15.5. The molecule has 0 saturated carbocycles. The summed E-state index contributed by atoms with van der Waals surface area (Å²) in [5, 5.41) is 0. The highest BCUT2D eigenvalue weighted by Gasteiger charge is 2.18. The Hall–Kier alpha value is -2.62. The third-order valence-electron chi connectivity index (χ3n) is 4.51. The van der Waals surface area contributed by atoms with Crippen molar-refractivity contribution in [2.24, 2.45) is 5.92 Å². The molecule has 1 saturated heterocycles. The van der Waals surface area contributed by atoms with E-state index in [-0.39, 0.29) is 5.91 Å². The molecule has 4 heteroatoms. The molecule has 4 nitrogen and oxygen atoms in total. The standard InChI is InChI=1S/C21H24N2O2/c1-17-11-14-23(15-12-17)21(24)10-7-18-5-8-20(9-6-18)25-16-19-4-2-3-13-22-19/h2-10,13,17H,11-12,14-16H2,1H3/b10-7+. The van der Waals surface area contributed by atoms with Gasteiger partial charge in [-0.15, -0.1) is 0 Å². The molecule has 1 aliphatic heterocycles. The Morgan fingerprint density at radius 3 is 2.64 bits per heavy atom. The van der Waals surface area contributed by atoms with E-state index in [0.717, 1.165) is 48.9 Å². The number of pyridine rings is 1. The van der Waals surface area contributed by atoms with Gasteiger partial charge in [0.05, 0.1) is 5.69 Å². The highest BCUT2D eigenvalue weighted by Crippen LogP contribution is 2.17. The van der Waals surface area contributed by atoms with Crippen molar-refractivity contribution in [3.8, 4) is 5.75 Å². The summed E-state index contributed by atoms with van der Waals surface area (Å²) in [6.45, 7) is 4.42. The zero-order valence-electron chi connectivity index (χ0n) is 14.6. The molecule has 0 spiro atoms. The molecule has 0 bridgehead atoms. The summed E-state index contributed by atoms with van der Waals surface area (Å²) in [6, 6.07) is 13.5. The van der Waals surface area contributed by atoms with Gasteiger partial charge in [-0.05, 0) is 54.7 Å². The zero-order valence-corrected chi connectivity index (χ0v) is 14.6. The first-order valence-corrected chi connectivity index (χ1v) is 8.80. The van der Waals surface area contributed by atoms with Crippen LogP contribution in [0.3, 0.4) is 0 Å². The van der Waals surface area contributed by atoms with Crippen LogP contribution in [0.25, 0.3) is 6.08 Å². The van der Waals surface area contributed by atoms with Crippen LogP contribution in [-0.2, 0) is 11.4 Å². The molecule has 0 unspecified atom stereocenters. The molecular formula is C21H24N2O2. The van der Waals surface area contributed by atoms with Gasteiger partial charge < -0.3 is 9.64 Å². The van der Waals surface area contributed by atoms with Gasteiger partial charge in [0.2, 0.25) is 5.91 Å². The number of carbonyl (C=O) groups excluding carboxylic acids is 1. The van der Waals surface area contributed by atoms with Crippen molar-refractivity contribution >= 4 is 12.0 Å². The maximum absolute atomic E-state index is 12.2. The maximum atomic E-state index is 12.2. The number of hydrogen-bond acceptors (Lipinski definition) is 3. The molecule has 130 valence electrons. The number of piperidine rings is 1. The summed E-state index contributed by atoms with van der Waals surface area (Å²) in [4.78, 5) is 18.4. The van der Waals surface area contributed by atoms with Crippen LogP contribution in [0.5, 0.6) is 5.75 Å². The monoisotopic (exact) mass is 336 g/mol. The largest absolute Gasteiger partial charge is 0.487 e. The van der Waals surface area contributed by atoms with E-state index in [4.69, 9.17) is 4.74 Å². The summed E-state index contributed by atoms with van der Waals surface area (Å²) < 4.78 is 5.72. The van der Waals surface area contributed by atoms with Gasteiger partial charge in [-0.3, -0.25) is 9.78 Å². The number of benzene rings is 1. The van der Waals surface area contributed by atoms with Crippen LogP contribution in [0.1, 0.15) is 31.0 Å². The lowest BCUT2D eigenvalue weighted by molar-refractivity contribution is -0.127. The summed E-state index contributed by atoms with van der Waals surface area (Å²) in [5.74, 6) is 1.62. The second-order valence-electron chi connectivity index (χ2n) is 6.52. The average Bonchev–Trinajstić information content (AvgIpc) is 2.67. The zero-order chi connectivity index (χ0) is 17.5. The Morgan fingerprint density at radius 1 is 1.20 bits per heavy atom. The first-order chi connectivity index (χ1) is 12.2. The Morgan fingerprint density at radius 2 is 1.96 bits per heavy atom. The van der Waals surface area contributed by atoms with E-state index >= 15 is 0 Å². The molecular weight excluding hydrogens is 312 g/mol. The topological polar surface area (TPSA) is 42.4 Å². The van der Waals surface area contributed by atoms with Gasteiger partial charge in [-0.1, -0.05) is 25.1 Å². The fourth-order valence-electron chi connectivity index (χ4n) is 2.82. The van der Waals surface area contributed by atoms with Gasteiger partial charge in [0.25, 0.3) is 0 Å². The van der Waals surface area contributed by atoms with Crippen LogP contribution in [0.2, 0.25) is 0 Å². The summed E-state index contributed by atoms with van der Waals surface area (Å²) >= 11 is 0. The van der Waals surface area contributed by atoms with Crippen molar-refractivity contribution < 1.29 is 9.53 Å². The molecule has 1 fully saturated rings. The Labute approximate surface area is 149 Å². The Bertz CT molecular complexity index is 702. The molecule has 0 aliphatic carbocycles. The molecule has 2 heterocycles. The number of rotatable bonds is 5. The second kappa shape index (κ2) is 8.47. The van der Waals surface area contributed by atoms with Crippen molar-refractivity contribution in [2.45, 2.75) is 26.4 Å². The number of likely N-dealkylation sites (tertiary alicyclic amines) is 1. The average molecular weight is 336 g/mol. The van der Waals surface area contributed by atoms with E-state index < -0.39 is 0 Å². The van der Waals surface area contributed by atoms with Gasteiger partial charge in [0, 0.05) is 25.4 Å². The van der Waals surface area contributed by atoms with Crippen molar-refractivity contribution in [1.29, 1.82) is 0 Å². The second-order valence-corrected chi connectivity index (χ2v) is 6.52. The highest BCUT2D eigenvalue weighted by atomic mass is 16.5. The highest BCUT2D eigenvalue weighted by molar-refractivity contribution is 5.91. The van der Waals surface area contributed by atoms with E-state index in [0.29, 0.717) is 6.61 Å². The Balaban J connectivity index is 1.51. The van der Waals surface area contributed by atoms with Crippen molar-refractivity contribution in [2.75, 3.05) is 13.1 Å². The van der Waals surface area contributed by atoms with E-state index in [1.165, 1.54) is 0 Å². The summed E-state index contributed by atoms with van der Waals surface area (Å²) in [6.07, 6.45) is 7.49. The lowest BCUT2D eigenvalue weighted by Gasteiger charge is -2.29. The van der Waals surface area contributed by atoms with Crippen LogP contribution < -0.4 is 4.74 Å². The SMILES string of the molecule is CC1CCN(C(=O)/C=C/c2ccc(OCc3ccccn3)cc2)CC1. The van der Waals surface area contributed by atoms with Gasteiger partial charge in [-0.2, -0.15) is 0 Å². The molecule has 1 aromatic heterocycles. The van der Waals surface area contributed by atoms with Gasteiger partial charge in [-0.25, -0.2) is 0 Å². The molecule has 0 atom stereocenters. The van der Waals surface area contributed by atoms with Crippen LogP contribution in [0.15, 0.2) is 54.7 Å². The first kappa shape index (κ1) is 17.2. The molecule has 1 amide bonds. The quantitative estimate of drug-likeness (QED) is 0.777. The Kier molecular flexibility index (Phi) is 5.83. The first-order valence-electron chi connectivity index (χ1n) is 8.80. The van der Waals surface area contributed by atoms with Gasteiger partial charge in [0.15, 0.2) is 0 Å². The van der Waals surface area contributed by atoms with Crippen LogP contribution >= 0.6 is 0 Å². The van der Waals surface area contributed by atoms with E-state index in [9.17, 15) is 4.79 Å². The van der Waals surface area contributed by atoms with Crippen LogP contribution in [0, 0.1) is 5.92 Å². The van der Waals surface area contributed by atoms with E-state index in [1.54, 1.807) is 12.3 Å². The number of nitrogens with zero attached hydrogens (tertiary/aromatic N) is 2. The molecule has 2 aromatic rings. The summed E-state index contributed by atoms with van der Waals surface area (Å²) in [7, 11) is 0. The van der Waals surface area contributed by atoms with Crippen molar-refractivity contribution in [3.05, 3.63) is 66.0 Å². The number of amides is 1. The molecule has 1 aliphatic rings. The molecule has 0 radical (unpaired) electrons. The molecule has 0 N–H and O–H groups in total. The predicted octanol–water partition coefficient (Wildman–Crippen LogP) is 3.93. The number of ether oxygens (including phenoxy) is 1. The lowest BCUT2D eigenvalue weighted by Crippen LogP contribution is -2.36. The summed E-state index contributed by atoms with van der Waals surface area (Å²) in [5.41, 5.74) is 1.89. The lowest BCUT2D eigenvalue weighted by atomic mass is 9.99. The van der Waals surface area contributed by atoms with Crippen LogP contribution in [-0.4, -0.2) is 28.9 Å². The van der Waals surface area contributed by atoms with Gasteiger partial charge >= 0.3 is 0 Å². The minimum Gasteiger partial charge on any atom is -0.487 e. The molecule has 1 aromatic carbocycles. The third kappa shape index (κ3) is 5.18.